The van der Waals surface area contributed by atoms with Gasteiger partial charge in [0.1, 0.15) is 0 Å². The quantitative estimate of drug-likeness (QED) is 0.827. The van der Waals surface area contributed by atoms with E-state index < -0.39 is 0 Å². The Morgan fingerprint density at radius 3 is 2.28 bits per heavy atom. The molecule has 1 atom stereocenters. The summed E-state index contributed by atoms with van der Waals surface area (Å²) in [7, 11) is 0. The van der Waals surface area contributed by atoms with Crippen LogP contribution >= 0.6 is 11.3 Å². The van der Waals surface area contributed by atoms with Crippen LogP contribution in [0.1, 0.15) is 45.4 Å². The second kappa shape index (κ2) is 4.00. The Morgan fingerprint density at radius 1 is 1.17 bits per heavy atom. The summed E-state index contributed by atoms with van der Waals surface area (Å²) in [6.45, 7) is 2.44. The molecule has 4 saturated carbocycles. The molecule has 98 valence electrons. The third-order valence-electron chi connectivity index (χ3n) is 5.91. The van der Waals surface area contributed by atoms with Gasteiger partial charge in [-0.1, -0.05) is 0 Å². The first-order valence-electron chi connectivity index (χ1n) is 7.52. The molecular formula is C16H23NS. The monoisotopic (exact) mass is 261 g/mol. The molecule has 1 unspecified atom stereocenters. The summed E-state index contributed by atoms with van der Waals surface area (Å²) >= 11 is 1.80. The van der Waals surface area contributed by atoms with Crippen LogP contribution in [0.15, 0.2) is 16.8 Å². The van der Waals surface area contributed by atoms with Crippen molar-refractivity contribution < 1.29 is 0 Å². The standard InChI is InChI=1S/C16H23NS/c1-11(17-15-2-3-18-10-15)16-7-12-4-13(8-16)6-14(5-12)9-16/h2-3,10-14,17H,4-9H2,1H3. The molecule has 5 rings (SSSR count). The minimum absolute atomic E-state index is 0.622. The number of nitrogens with one attached hydrogen (secondary N) is 1. The molecule has 1 aromatic heterocycles. The second-order valence-corrected chi connectivity index (χ2v) is 7.94. The Balaban J connectivity index is 1.56. The van der Waals surface area contributed by atoms with E-state index in [-0.39, 0.29) is 0 Å². The zero-order valence-corrected chi connectivity index (χ0v) is 12.0. The van der Waals surface area contributed by atoms with E-state index in [4.69, 9.17) is 0 Å². The van der Waals surface area contributed by atoms with Gasteiger partial charge in [0.05, 0.1) is 0 Å². The highest BCUT2D eigenvalue weighted by Crippen LogP contribution is 2.61. The Hall–Kier alpha value is -0.500. The predicted octanol–water partition coefficient (Wildman–Crippen LogP) is 4.76. The van der Waals surface area contributed by atoms with Crippen LogP contribution in [-0.2, 0) is 0 Å². The van der Waals surface area contributed by atoms with Crippen LogP contribution in [0.4, 0.5) is 5.69 Å². The molecule has 0 amide bonds. The van der Waals surface area contributed by atoms with E-state index >= 15 is 0 Å². The fraction of sp³-hybridized carbons (Fsp3) is 0.750. The SMILES string of the molecule is CC(Nc1ccsc1)C12CC3CC(CC(C3)C1)C2. The van der Waals surface area contributed by atoms with Crippen molar-refractivity contribution in [2.24, 2.45) is 23.2 Å². The van der Waals surface area contributed by atoms with E-state index in [1.165, 1.54) is 24.9 Å². The van der Waals surface area contributed by atoms with Crippen molar-refractivity contribution in [3.8, 4) is 0 Å². The minimum atomic E-state index is 0.622. The fourth-order valence-corrected chi connectivity index (χ4v) is 6.05. The summed E-state index contributed by atoms with van der Waals surface area (Å²) in [5.74, 6) is 3.17. The average Bonchev–Trinajstić information content (AvgIpc) is 2.79. The van der Waals surface area contributed by atoms with Crippen molar-refractivity contribution in [3.63, 3.8) is 0 Å². The lowest BCUT2D eigenvalue weighted by Crippen LogP contribution is -2.52. The van der Waals surface area contributed by atoms with Gasteiger partial charge in [-0.05, 0) is 80.1 Å². The third-order valence-corrected chi connectivity index (χ3v) is 6.59. The average molecular weight is 261 g/mol. The molecule has 4 aliphatic carbocycles. The van der Waals surface area contributed by atoms with Crippen LogP contribution in [-0.4, -0.2) is 6.04 Å². The maximum absolute atomic E-state index is 3.79. The van der Waals surface area contributed by atoms with Gasteiger partial charge in [-0.3, -0.25) is 0 Å². The van der Waals surface area contributed by atoms with Gasteiger partial charge in [-0.15, -0.1) is 0 Å². The van der Waals surface area contributed by atoms with Crippen LogP contribution < -0.4 is 5.32 Å². The number of hydrogen-bond donors (Lipinski definition) is 1. The third kappa shape index (κ3) is 1.72. The molecule has 0 saturated heterocycles. The first kappa shape index (κ1) is 11.3. The van der Waals surface area contributed by atoms with Gasteiger partial charge in [0, 0.05) is 17.1 Å². The van der Waals surface area contributed by atoms with Crippen LogP contribution in [0.5, 0.6) is 0 Å². The van der Waals surface area contributed by atoms with Crippen molar-refractivity contribution in [3.05, 3.63) is 16.8 Å². The number of hydrogen-bond acceptors (Lipinski definition) is 2. The van der Waals surface area contributed by atoms with E-state index in [9.17, 15) is 0 Å². The van der Waals surface area contributed by atoms with Crippen molar-refractivity contribution in [1.82, 2.24) is 0 Å². The molecule has 0 aromatic carbocycles. The Morgan fingerprint density at radius 2 is 1.78 bits per heavy atom. The summed E-state index contributed by atoms with van der Waals surface area (Å²) in [5.41, 5.74) is 1.96. The summed E-state index contributed by atoms with van der Waals surface area (Å²) in [4.78, 5) is 0. The highest BCUT2D eigenvalue weighted by molar-refractivity contribution is 7.08. The van der Waals surface area contributed by atoms with E-state index in [2.05, 4.69) is 29.1 Å². The van der Waals surface area contributed by atoms with Crippen LogP contribution in [0.3, 0.4) is 0 Å². The largest absolute Gasteiger partial charge is 0.381 e. The molecule has 0 aliphatic heterocycles. The Labute approximate surface area is 114 Å². The molecule has 0 radical (unpaired) electrons. The normalized spacial score (nSPS) is 43.1. The summed E-state index contributed by atoms with van der Waals surface area (Å²) in [5, 5.41) is 8.21. The minimum Gasteiger partial charge on any atom is -0.381 e. The van der Waals surface area contributed by atoms with E-state index in [1.807, 2.05) is 0 Å². The van der Waals surface area contributed by atoms with Crippen LogP contribution in [0.25, 0.3) is 0 Å². The van der Waals surface area contributed by atoms with Crippen molar-refractivity contribution >= 4 is 17.0 Å². The summed E-state index contributed by atoms with van der Waals surface area (Å²) in [6.07, 6.45) is 9.13. The maximum atomic E-state index is 3.79. The zero-order valence-electron chi connectivity index (χ0n) is 11.2. The van der Waals surface area contributed by atoms with Crippen molar-refractivity contribution in [2.75, 3.05) is 5.32 Å². The maximum Gasteiger partial charge on any atom is 0.0451 e. The lowest BCUT2D eigenvalue weighted by molar-refractivity contribution is -0.0602. The molecule has 18 heavy (non-hydrogen) atoms. The summed E-state index contributed by atoms with van der Waals surface area (Å²) in [6, 6.07) is 2.88. The molecule has 1 nitrogen and oxygen atoms in total. The van der Waals surface area contributed by atoms with E-state index in [1.54, 1.807) is 30.6 Å². The van der Waals surface area contributed by atoms with Gasteiger partial charge >= 0.3 is 0 Å². The highest BCUT2D eigenvalue weighted by Gasteiger charge is 2.53. The molecule has 1 heterocycles. The summed E-state index contributed by atoms with van der Waals surface area (Å²) < 4.78 is 0. The fourth-order valence-electron chi connectivity index (χ4n) is 5.46. The predicted molar refractivity (Wildman–Crippen MR) is 78.0 cm³/mol. The van der Waals surface area contributed by atoms with Crippen molar-refractivity contribution in [1.29, 1.82) is 0 Å². The van der Waals surface area contributed by atoms with Gasteiger partial charge in [0.25, 0.3) is 0 Å². The lowest BCUT2D eigenvalue weighted by atomic mass is 9.48. The van der Waals surface area contributed by atoms with Crippen LogP contribution in [0.2, 0.25) is 0 Å². The smallest absolute Gasteiger partial charge is 0.0451 e. The van der Waals surface area contributed by atoms with E-state index in [0.29, 0.717) is 11.5 Å². The Bertz CT molecular complexity index is 387. The van der Waals surface area contributed by atoms with Gasteiger partial charge < -0.3 is 5.32 Å². The lowest BCUT2D eigenvalue weighted by Gasteiger charge is -2.59. The first-order valence-corrected chi connectivity index (χ1v) is 8.46. The molecule has 0 spiro atoms. The van der Waals surface area contributed by atoms with E-state index in [0.717, 1.165) is 17.8 Å². The topological polar surface area (TPSA) is 12.0 Å². The van der Waals surface area contributed by atoms with Crippen LogP contribution in [0, 0.1) is 23.2 Å². The van der Waals surface area contributed by atoms with Gasteiger partial charge in [-0.25, -0.2) is 0 Å². The molecule has 4 aliphatic rings. The van der Waals surface area contributed by atoms with Gasteiger partial charge in [0.15, 0.2) is 0 Å². The molecule has 1 N–H and O–H groups in total. The molecule has 1 aromatic rings. The molecule has 4 bridgehead atoms. The zero-order chi connectivity index (χ0) is 12.2. The molecule has 2 heteroatoms. The van der Waals surface area contributed by atoms with Crippen molar-refractivity contribution in [2.45, 2.75) is 51.5 Å². The molecule has 4 fully saturated rings. The first-order chi connectivity index (χ1) is 8.73. The van der Waals surface area contributed by atoms with Gasteiger partial charge in [-0.2, -0.15) is 11.3 Å². The Kier molecular flexibility index (Phi) is 2.52. The van der Waals surface area contributed by atoms with Gasteiger partial charge in [0.2, 0.25) is 0 Å². The highest BCUT2D eigenvalue weighted by atomic mass is 32.1. The number of rotatable bonds is 3. The number of anilines is 1. The second-order valence-electron chi connectivity index (χ2n) is 7.16. The number of thiophene rings is 1. The molecular weight excluding hydrogens is 238 g/mol.